The molecule has 0 aliphatic heterocycles. The van der Waals surface area contributed by atoms with Gasteiger partial charge in [-0.05, 0) is 12.5 Å². The fourth-order valence-corrected chi connectivity index (χ4v) is 1.36. The van der Waals surface area contributed by atoms with E-state index in [1.165, 1.54) is 12.5 Å². The maximum absolute atomic E-state index is 10.7. The average Bonchev–Trinajstić information content (AvgIpc) is 2.62. The molecule has 1 N–H and O–H groups in total. The molecular weight excluding hydrogens is 350 g/mol. The molecule has 6 nitrogen and oxygen atoms in total. The normalized spacial score (nSPS) is 8.41. The van der Waals surface area contributed by atoms with Crippen molar-refractivity contribution in [3.63, 3.8) is 0 Å². The first kappa shape index (κ1) is 26.0. The number of rotatable bonds is 4. The highest BCUT2D eigenvalue weighted by Gasteiger charge is 2.08. The van der Waals surface area contributed by atoms with E-state index in [1.54, 1.807) is 0 Å². The van der Waals surface area contributed by atoms with Crippen LogP contribution < -0.4 is 0 Å². The van der Waals surface area contributed by atoms with Crippen molar-refractivity contribution in [2.75, 3.05) is 0 Å². The number of ketones is 2. The third-order valence-corrected chi connectivity index (χ3v) is 2.74. The molecular formula is C21H26O6. The van der Waals surface area contributed by atoms with E-state index in [4.69, 9.17) is 9.84 Å². The predicted molar refractivity (Wildman–Crippen MR) is 103 cm³/mol. The molecule has 0 atom stereocenters. The molecule has 27 heavy (non-hydrogen) atoms. The summed E-state index contributed by atoms with van der Waals surface area (Å²) in [5.74, 6) is -3.57. The van der Waals surface area contributed by atoms with Crippen LogP contribution in [0.5, 0.6) is 0 Å². The van der Waals surface area contributed by atoms with E-state index in [0.717, 1.165) is 12.5 Å². The molecule has 146 valence electrons. The van der Waals surface area contributed by atoms with Crippen LogP contribution >= 0.6 is 0 Å². The van der Waals surface area contributed by atoms with Crippen molar-refractivity contribution in [2.45, 2.75) is 34.8 Å². The fourth-order valence-electron chi connectivity index (χ4n) is 1.36. The lowest BCUT2D eigenvalue weighted by Gasteiger charge is -2.01. The van der Waals surface area contributed by atoms with E-state index < -0.39 is 23.5 Å². The quantitative estimate of drug-likeness (QED) is 0.497. The predicted octanol–water partition coefficient (Wildman–Crippen LogP) is 3.61. The second kappa shape index (κ2) is 15.0. The molecule has 0 saturated carbocycles. The standard InChI is InChI=1S/C10H10O3.C7H8.C3H4O3.CH4/c1-8(11)10(12)13-7-9-5-3-2-4-6-9;1-7-5-3-2-4-6-7;1-2(4)3(5)6;/h2-6H,7H2,1H3;2-6H,1H3;1H3,(H,5,6);1H4/i10+1;;3+1;. The van der Waals surface area contributed by atoms with Gasteiger partial charge in [0.15, 0.2) is 0 Å². The highest BCUT2D eigenvalue weighted by molar-refractivity contribution is 6.32. The molecule has 2 aromatic carbocycles. The van der Waals surface area contributed by atoms with Gasteiger partial charge in [-0.25, -0.2) is 9.59 Å². The first-order valence-electron chi connectivity index (χ1n) is 7.71. The maximum Gasteiger partial charge on any atom is 0.374 e. The summed E-state index contributed by atoms with van der Waals surface area (Å²) in [4.78, 5) is 40.1. The van der Waals surface area contributed by atoms with Gasteiger partial charge in [0.05, 0.1) is 0 Å². The Morgan fingerprint density at radius 2 is 1.22 bits per heavy atom. The number of esters is 1. The number of carbonyl (C=O) groups excluding carboxylic acids is 3. The number of Topliss-reactive ketones (excluding diaryl/α,β-unsaturated/α-hetero) is 2. The minimum Gasteiger partial charge on any atom is -0.476 e. The SMILES string of the molecule is C.CC(=O)[13C](=O)O.CC(=O)[13C](=O)OCc1ccccc1.Cc1ccccc1. The van der Waals surface area contributed by atoms with Gasteiger partial charge in [-0.1, -0.05) is 73.7 Å². The topological polar surface area (TPSA) is 97.7 Å². The van der Waals surface area contributed by atoms with Crippen molar-refractivity contribution in [3.05, 3.63) is 71.8 Å². The van der Waals surface area contributed by atoms with E-state index in [0.29, 0.717) is 0 Å². The Balaban J connectivity index is 0. The zero-order valence-corrected chi connectivity index (χ0v) is 15.0. The second-order valence-electron chi connectivity index (χ2n) is 5.13. The summed E-state index contributed by atoms with van der Waals surface area (Å²) in [6.45, 7) is 4.43. The van der Waals surface area contributed by atoms with E-state index >= 15 is 0 Å². The van der Waals surface area contributed by atoms with Crippen LogP contribution in [0.15, 0.2) is 60.7 Å². The lowest BCUT2D eigenvalue weighted by Crippen LogP contribution is -2.13. The number of ether oxygens (including phenoxy) is 1. The van der Waals surface area contributed by atoms with Crippen molar-refractivity contribution >= 4 is 23.5 Å². The van der Waals surface area contributed by atoms with Crippen LogP contribution in [-0.4, -0.2) is 28.6 Å². The van der Waals surface area contributed by atoms with E-state index in [1.807, 2.05) is 48.5 Å². The Bertz CT molecular complexity index is 696. The largest absolute Gasteiger partial charge is 0.476 e. The third-order valence-electron chi connectivity index (χ3n) is 2.74. The van der Waals surface area contributed by atoms with Gasteiger partial charge in [0.25, 0.3) is 0 Å². The van der Waals surface area contributed by atoms with Gasteiger partial charge < -0.3 is 9.84 Å². The third kappa shape index (κ3) is 14.7. The number of hydrogen-bond donors (Lipinski definition) is 1. The molecule has 0 unspecified atom stereocenters. The lowest BCUT2D eigenvalue weighted by molar-refractivity contribution is -0.153. The number of aryl methyl sites for hydroxylation is 1. The molecule has 0 aromatic heterocycles. The molecule has 2 aromatic rings. The number of benzene rings is 2. The zero-order valence-electron chi connectivity index (χ0n) is 15.0. The van der Waals surface area contributed by atoms with Crippen LogP contribution in [0.1, 0.15) is 32.4 Å². The summed E-state index contributed by atoms with van der Waals surface area (Å²) in [5, 5.41) is 7.64. The smallest absolute Gasteiger partial charge is 0.374 e. The van der Waals surface area contributed by atoms with E-state index in [-0.39, 0.29) is 14.0 Å². The summed E-state index contributed by atoms with van der Waals surface area (Å²) in [6.07, 6.45) is 0. The summed E-state index contributed by atoms with van der Waals surface area (Å²) in [7, 11) is 0. The van der Waals surface area contributed by atoms with Gasteiger partial charge in [0.1, 0.15) is 6.61 Å². The first-order chi connectivity index (χ1) is 12.2. The molecule has 0 fully saturated rings. The summed E-state index contributed by atoms with van der Waals surface area (Å²) in [6, 6.07) is 19.5. The molecule has 0 heterocycles. The highest BCUT2D eigenvalue weighted by Crippen LogP contribution is 2.00. The Kier molecular flexibility index (Phi) is 14.4. The highest BCUT2D eigenvalue weighted by atomic mass is 16.6. The van der Waals surface area contributed by atoms with Crippen molar-refractivity contribution in [1.82, 2.24) is 0 Å². The second-order valence-corrected chi connectivity index (χ2v) is 5.13. The number of aliphatic carboxylic acids is 1. The van der Waals surface area contributed by atoms with Crippen molar-refractivity contribution < 1.29 is 29.0 Å². The van der Waals surface area contributed by atoms with Crippen LogP contribution in [0.2, 0.25) is 0 Å². The first-order valence-corrected chi connectivity index (χ1v) is 7.71. The number of carboxylic acid groups (broad SMARTS) is 1. The minimum absolute atomic E-state index is 0. The number of carbonyl (C=O) groups is 4. The molecule has 0 bridgehead atoms. The molecule has 0 aliphatic carbocycles. The molecule has 0 saturated heterocycles. The van der Waals surface area contributed by atoms with E-state index in [2.05, 4.69) is 19.1 Å². The van der Waals surface area contributed by atoms with Crippen molar-refractivity contribution in [2.24, 2.45) is 0 Å². The zero-order chi connectivity index (χ0) is 19.9. The fraction of sp³-hybridized carbons (Fsp3) is 0.238. The van der Waals surface area contributed by atoms with Crippen molar-refractivity contribution in [1.29, 1.82) is 0 Å². The Morgan fingerprint density at radius 1 is 0.815 bits per heavy atom. The van der Waals surface area contributed by atoms with Gasteiger partial charge in [-0.2, -0.15) is 0 Å². The molecule has 0 spiro atoms. The Hall–Kier alpha value is -3.28. The summed E-state index contributed by atoms with van der Waals surface area (Å²) >= 11 is 0. The summed E-state index contributed by atoms with van der Waals surface area (Å²) in [5.41, 5.74) is 2.19. The summed E-state index contributed by atoms with van der Waals surface area (Å²) < 4.78 is 4.70. The average molecular weight is 376 g/mol. The van der Waals surface area contributed by atoms with Gasteiger partial charge >= 0.3 is 11.9 Å². The number of hydrogen-bond acceptors (Lipinski definition) is 5. The molecule has 2 rings (SSSR count). The van der Waals surface area contributed by atoms with Crippen LogP contribution in [0.25, 0.3) is 0 Å². The molecule has 0 aliphatic rings. The van der Waals surface area contributed by atoms with Gasteiger partial charge in [-0.3, -0.25) is 9.59 Å². The van der Waals surface area contributed by atoms with Crippen LogP contribution in [0, 0.1) is 6.92 Å². The van der Waals surface area contributed by atoms with Crippen LogP contribution in [0.3, 0.4) is 0 Å². The van der Waals surface area contributed by atoms with Gasteiger partial charge in [0, 0.05) is 13.8 Å². The van der Waals surface area contributed by atoms with Crippen molar-refractivity contribution in [3.8, 4) is 0 Å². The van der Waals surface area contributed by atoms with Crippen LogP contribution in [-0.2, 0) is 30.5 Å². The van der Waals surface area contributed by atoms with Crippen LogP contribution in [0.4, 0.5) is 0 Å². The minimum atomic E-state index is -1.38. The van der Waals surface area contributed by atoms with E-state index in [9.17, 15) is 19.2 Å². The Labute approximate surface area is 159 Å². The monoisotopic (exact) mass is 376 g/mol. The number of carboxylic acids is 1. The van der Waals surface area contributed by atoms with Gasteiger partial charge in [-0.15, -0.1) is 0 Å². The Morgan fingerprint density at radius 3 is 1.52 bits per heavy atom. The molecule has 6 heteroatoms. The maximum atomic E-state index is 10.7. The lowest BCUT2D eigenvalue weighted by atomic mass is 10.2. The van der Waals surface area contributed by atoms with Gasteiger partial charge in [0.2, 0.25) is 11.6 Å². The molecule has 0 amide bonds. The molecule has 0 radical (unpaired) electrons.